The first-order valence-electron chi connectivity index (χ1n) is 5.78. The third-order valence-electron chi connectivity index (χ3n) is 2.88. The van der Waals surface area contributed by atoms with Crippen LogP contribution in [-0.2, 0) is 13.5 Å². The second-order valence-corrected chi connectivity index (χ2v) is 5.19. The van der Waals surface area contributed by atoms with Gasteiger partial charge in [-0.3, -0.25) is 20.9 Å². The van der Waals surface area contributed by atoms with Gasteiger partial charge >= 0.3 is 0 Å². The third-order valence-corrected chi connectivity index (χ3v) is 3.39. The number of aryl methyl sites for hydroxylation is 2. The number of nitrogens with one attached hydrogen (secondary N) is 1. The summed E-state index contributed by atoms with van der Waals surface area (Å²) in [6.07, 6.45) is 2.20. The first-order chi connectivity index (χ1) is 9.01. The van der Waals surface area contributed by atoms with Crippen LogP contribution in [-0.4, -0.2) is 14.8 Å². The fourth-order valence-electron chi connectivity index (χ4n) is 1.98. The van der Waals surface area contributed by atoms with E-state index in [9.17, 15) is 0 Å². The molecular formula is C12H15Cl2N5. The molecule has 0 aliphatic heterocycles. The standard InChI is InChI=1S/C12H15Cl2N5/c1-7-3-9(19(2)18-7)5-11(17-15)12-10(14)4-8(13)6-16-12/h3-4,6,11,17H,5,15H2,1-2H3. The van der Waals surface area contributed by atoms with Gasteiger partial charge in [0, 0.05) is 25.4 Å². The van der Waals surface area contributed by atoms with Crippen LogP contribution < -0.4 is 11.3 Å². The second kappa shape index (κ2) is 5.88. The smallest absolute Gasteiger partial charge is 0.0777 e. The number of hydrogen-bond donors (Lipinski definition) is 2. The quantitative estimate of drug-likeness (QED) is 0.671. The van der Waals surface area contributed by atoms with Crippen LogP contribution in [0.5, 0.6) is 0 Å². The molecule has 0 spiro atoms. The van der Waals surface area contributed by atoms with Gasteiger partial charge in [0.05, 0.1) is 27.5 Å². The van der Waals surface area contributed by atoms with Gasteiger partial charge in [-0.05, 0) is 19.1 Å². The summed E-state index contributed by atoms with van der Waals surface area (Å²) in [5.74, 6) is 5.61. The van der Waals surface area contributed by atoms with Gasteiger partial charge < -0.3 is 0 Å². The molecule has 3 N–H and O–H groups in total. The van der Waals surface area contributed by atoms with E-state index in [1.165, 1.54) is 0 Å². The molecule has 0 amide bonds. The van der Waals surface area contributed by atoms with E-state index < -0.39 is 0 Å². The third kappa shape index (κ3) is 3.25. The molecular weight excluding hydrogens is 285 g/mol. The Kier molecular flexibility index (Phi) is 4.42. The molecule has 1 atom stereocenters. The molecule has 0 saturated carbocycles. The van der Waals surface area contributed by atoms with Crippen molar-refractivity contribution in [2.75, 3.05) is 0 Å². The average Bonchev–Trinajstić information content (AvgIpc) is 2.65. The van der Waals surface area contributed by atoms with Crippen LogP contribution in [0.4, 0.5) is 0 Å². The average molecular weight is 300 g/mol. The lowest BCUT2D eigenvalue weighted by Crippen LogP contribution is -2.31. The Balaban J connectivity index is 2.27. The molecule has 0 aliphatic carbocycles. The van der Waals surface area contributed by atoms with Crippen LogP contribution in [0.3, 0.4) is 0 Å². The van der Waals surface area contributed by atoms with Crippen molar-refractivity contribution in [1.82, 2.24) is 20.2 Å². The molecule has 0 aliphatic rings. The highest BCUT2D eigenvalue weighted by atomic mass is 35.5. The first-order valence-corrected chi connectivity index (χ1v) is 6.53. The molecule has 2 aromatic heterocycles. The first kappa shape index (κ1) is 14.3. The van der Waals surface area contributed by atoms with Crippen molar-refractivity contribution in [3.63, 3.8) is 0 Å². The number of hydrogen-bond acceptors (Lipinski definition) is 4. The van der Waals surface area contributed by atoms with Gasteiger partial charge in [0.2, 0.25) is 0 Å². The molecule has 0 fully saturated rings. The highest BCUT2D eigenvalue weighted by Gasteiger charge is 2.18. The van der Waals surface area contributed by atoms with Gasteiger partial charge in [-0.15, -0.1) is 0 Å². The summed E-state index contributed by atoms with van der Waals surface area (Å²) >= 11 is 12.0. The normalized spacial score (nSPS) is 12.7. The van der Waals surface area contributed by atoms with Gasteiger partial charge in [-0.25, -0.2) is 0 Å². The Labute approximate surface area is 121 Å². The van der Waals surface area contributed by atoms with Gasteiger partial charge in [0.15, 0.2) is 0 Å². The van der Waals surface area contributed by atoms with E-state index >= 15 is 0 Å². The molecule has 2 rings (SSSR count). The molecule has 0 aromatic carbocycles. The summed E-state index contributed by atoms with van der Waals surface area (Å²) in [5, 5.41) is 5.30. The zero-order chi connectivity index (χ0) is 14.0. The lowest BCUT2D eigenvalue weighted by molar-refractivity contribution is 0.518. The summed E-state index contributed by atoms with van der Waals surface area (Å²) in [5.41, 5.74) is 5.42. The minimum absolute atomic E-state index is 0.195. The van der Waals surface area contributed by atoms with Crippen LogP contribution in [0.25, 0.3) is 0 Å². The highest BCUT2D eigenvalue weighted by Crippen LogP contribution is 2.25. The van der Waals surface area contributed by atoms with Crippen molar-refractivity contribution in [3.05, 3.63) is 45.5 Å². The van der Waals surface area contributed by atoms with Crippen molar-refractivity contribution in [2.45, 2.75) is 19.4 Å². The van der Waals surface area contributed by atoms with Crippen LogP contribution in [0.2, 0.25) is 10.0 Å². The number of pyridine rings is 1. The van der Waals surface area contributed by atoms with Crippen LogP contribution in [0, 0.1) is 6.92 Å². The Bertz CT molecular complexity index is 581. The van der Waals surface area contributed by atoms with E-state index in [2.05, 4.69) is 15.5 Å². The van der Waals surface area contributed by atoms with Gasteiger partial charge in [-0.1, -0.05) is 23.2 Å². The van der Waals surface area contributed by atoms with Crippen molar-refractivity contribution in [3.8, 4) is 0 Å². The largest absolute Gasteiger partial charge is 0.272 e. The minimum Gasteiger partial charge on any atom is -0.272 e. The number of aromatic nitrogens is 3. The fraction of sp³-hybridized carbons (Fsp3) is 0.333. The zero-order valence-corrected chi connectivity index (χ0v) is 12.2. The summed E-state index contributed by atoms with van der Waals surface area (Å²) < 4.78 is 1.82. The number of nitrogens with two attached hydrogens (primary N) is 1. The maximum Gasteiger partial charge on any atom is 0.0777 e. The van der Waals surface area contributed by atoms with Crippen LogP contribution >= 0.6 is 23.2 Å². The number of halogens is 2. The maximum absolute atomic E-state index is 6.15. The fourth-order valence-corrected chi connectivity index (χ4v) is 2.49. The van der Waals surface area contributed by atoms with Crippen molar-refractivity contribution >= 4 is 23.2 Å². The molecule has 2 heterocycles. The highest BCUT2D eigenvalue weighted by molar-refractivity contribution is 6.34. The van der Waals surface area contributed by atoms with Gasteiger partial charge in [-0.2, -0.15) is 5.10 Å². The maximum atomic E-state index is 6.15. The predicted molar refractivity (Wildman–Crippen MR) is 76.0 cm³/mol. The Morgan fingerprint density at radius 1 is 1.42 bits per heavy atom. The molecule has 0 bridgehead atoms. The molecule has 5 nitrogen and oxygen atoms in total. The summed E-state index contributed by atoms with van der Waals surface area (Å²) in [4.78, 5) is 4.25. The lowest BCUT2D eigenvalue weighted by atomic mass is 10.1. The molecule has 2 aromatic rings. The van der Waals surface area contributed by atoms with E-state index in [1.54, 1.807) is 12.3 Å². The van der Waals surface area contributed by atoms with E-state index in [0.29, 0.717) is 22.2 Å². The van der Waals surface area contributed by atoms with Gasteiger partial charge in [0.25, 0.3) is 0 Å². The Morgan fingerprint density at radius 2 is 2.16 bits per heavy atom. The summed E-state index contributed by atoms with van der Waals surface area (Å²) in [6.45, 7) is 1.95. The van der Waals surface area contributed by atoms with Crippen molar-refractivity contribution in [1.29, 1.82) is 0 Å². The second-order valence-electron chi connectivity index (χ2n) is 4.34. The van der Waals surface area contributed by atoms with E-state index in [4.69, 9.17) is 29.0 Å². The summed E-state index contributed by atoms with van der Waals surface area (Å²) in [7, 11) is 1.90. The van der Waals surface area contributed by atoms with E-state index in [1.807, 2.05) is 24.7 Å². The lowest BCUT2D eigenvalue weighted by Gasteiger charge is -2.16. The number of nitrogens with zero attached hydrogens (tertiary/aromatic N) is 3. The monoisotopic (exact) mass is 299 g/mol. The molecule has 7 heteroatoms. The SMILES string of the molecule is Cc1cc(CC(NN)c2ncc(Cl)cc2Cl)n(C)n1. The molecule has 19 heavy (non-hydrogen) atoms. The predicted octanol–water partition coefficient (Wildman–Crippen LogP) is 2.18. The van der Waals surface area contributed by atoms with Crippen molar-refractivity contribution < 1.29 is 0 Å². The molecule has 102 valence electrons. The number of rotatable bonds is 4. The van der Waals surface area contributed by atoms with Crippen molar-refractivity contribution in [2.24, 2.45) is 12.9 Å². The topological polar surface area (TPSA) is 68.8 Å². The molecule has 0 radical (unpaired) electrons. The van der Waals surface area contributed by atoms with Crippen LogP contribution in [0.15, 0.2) is 18.3 Å². The van der Waals surface area contributed by atoms with Crippen LogP contribution in [0.1, 0.15) is 23.1 Å². The molecule has 0 saturated heterocycles. The zero-order valence-electron chi connectivity index (χ0n) is 10.7. The van der Waals surface area contributed by atoms with E-state index in [-0.39, 0.29) is 6.04 Å². The van der Waals surface area contributed by atoms with E-state index in [0.717, 1.165) is 11.4 Å². The Hall–Kier alpha value is -1.14. The Morgan fingerprint density at radius 3 is 2.68 bits per heavy atom. The summed E-state index contributed by atoms with van der Waals surface area (Å²) in [6, 6.07) is 3.47. The molecule has 1 unspecified atom stereocenters. The minimum atomic E-state index is -0.195. The number of hydrazine groups is 1. The van der Waals surface area contributed by atoms with Gasteiger partial charge in [0.1, 0.15) is 0 Å².